The van der Waals surface area contributed by atoms with Crippen molar-refractivity contribution in [3.05, 3.63) is 69.2 Å². The maximum Gasteiger partial charge on any atom is 0.405 e. The maximum atomic E-state index is 13.9. The van der Waals surface area contributed by atoms with Crippen LogP contribution < -0.4 is 15.4 Å². The molecular formula is C22H17BrF8N2O3. The average molecular weight is 589 g/mol. The van der Waals surface area contributed by atoms with Crippen LogP contribution in [0, 0.1) is 11.6 Å². The zero-order chi connectivity index (χ0) is 27.3. The summed E-state index contributed by atoms with van der Waals surface area (Å²) < 4.78 is 109. The van der Waals surface area contributed by atoms with Gasteiger partial charge in [-0.3, -0.25) is 9.59 Å². The molecule has 2 N–H and O–H groups in total. The lowest BCUT2D eigenvalue weighted by Crippen LogP contribution is -2.40. The number of halogens is 9. The zero-order valence-electron chi connectivity index (χ0n) is 18.2. The Morgan fingerprint density at radius 1 is 1.03 bits per heavy atom. The third-order valence-corrected chi connectivity index (χ3v) is 5.21. The van der Waals surface area contributed by atoms with Gasteiger partial charge >= 0.3 is 12.4 Å². The van der Waals surface area contributed by atoms with E-state index in [-0.39, 0.29) is 15.6 Å². The highest BCUT2D eigenvalue weighted by Gasteiger charge is 2.39. The molecular weight excluding hydrogens is 572 g/mol. The standard InChI is InChI=1S/C22H17BrF8N2O3/c1-36-19-16(24)7-12(8-17(19)25)14(22(29,30)31)5-3-11-2-4-13(15(23)6-11)20(35)32-9-18(34)33-10-21(26,27)28/h2-8,14H,9-10H2,1H3,(H,32,35)(H,33,34). The summed E-state index contributed by atoms with van der Waals surface area (Å²) >= 11 is 3.06. The van der Waals surface area contributed by atoms with Gasteiger partial charge < -0.3 is 15.4 Å². The molecule has 14 heteroatoms. The molecule has 2 aromatic carbocycles. The van der Waals surface area contributed by atoms with Gasteiger partial charge in [0.1, 0.15) is 6.54 Å². The molecule has 196 valence electrons. The Morgan fingerprint density at radius 2 is 1.64 bits per heavy atom. The Bertz CT molecular complexity index is 1130. The summed E-state index contributed by atoms with van der Waals surface area (Å²) in [7, 11) is 0.965. The molecule has 36 heavy (non-hydrogen) atoms. The molecule has 0 bridgehead atoms. The number of nitrogens with one attached hydrogen (secondary N) is 2. The SMILES string of the molecule is COc1c(F)cc(C(C=Cc2ccc(C(=O)NCC(=O)NCC(F)(F)F)c(Br)c2)C(F)(F)F)cc1F. The minimum atomic E-state index is -4.90. The monoisotopic (exact) mass is 588 g/mol. The van der Waals surface area contributed by atoms with Gasteiger partial charge in [0, 0.05) is 4.47 Å². The largest absolute Gasteiger partial charge is 0.491 e. The van der Waals surface area contributed by atoms with Gasteiger partial charge in [-0.05, 0) is 51.3 Å². The van der Waals surface area contributed by atoms with E-state index in [1.165, 1.54) is 18.2 Å². The summed E-state index contributed by atoms with van der Waals surface area (Å²) in [5, 5.41) is 3.68. The third kappa shape index (κ3) is 8.21. The summed E-state index contributed by atoms with van der Waals surface area (Å²) in [4.78, 5) is 23.6. The van der Waals surface area contributed by atoms with Crippen LogP contribution in [-0.2, 0) is 4.79 Å². The number of amides is 2. The average Bonchev–Trinajstić information content (AvgIpc) is 2.74. The van der Waals surface area contributed by atoms with Crippen LogP contribution in [0.25, 0.3) is 6.08 Å². The van der Waals surface area contributed by atoms with Crippen LogP contribution in [0.2, 0.25) is 0 Å². The molecule has 0 aliphatic rings. The van der Waals surface area contributed by atoms with Crippen molar-refractivity contribution in [3.63, 3.8) is 0 Å². The first-order valence-corrected chi connectivity index (χ1v) is 10.6. The summed E-state index contributed by atoms with van der Waals surface area (Å²) in [6, 6.07) is 4.74. The van der Waals surface area contributed by atoms with Gasteiger partial charge in [0.25, 0.3) is 5.91 Å². The molecule has 1 atom stereocenters. The van der Waals surface area contributed by atoms with Gasteiger partial charge in [-0.2, -0.15) is 26.3 Å². The van der Waals surface area contributed by atoms with Gasteiger partial charge in [0.15, 0.2) is 17.4 Å². The first-order valence-electron chi connectivity index (χ1n) is 9.81. The van der Waals surface area contributed by atoms with E-state index in [1.54, 1.807) is 5.32 Å². The molecule has 0 aliphatic carbocycles. The van der Waals surface area contributed by atoms with Crippen molar-refractivity contribution in [2.75, 3.05) is 20.2 Å². The number of methoxy groups -OCH3 is 1. The van der Waals surface area contributed by atoms with Crippen LogP contribution in [0.1, 0.15) is 27.4 Å². The zero-order valence-corrected chi connectivity index (χ0v) is 19.7. The maximum absolute atomic E-state index is 13.9. The smallest absolute Gasteiger partial charge is 0.405 e. The second kappa shape index (κ2) is 11.7. The van der Waals surface area contributed by atoms with Crippen LogP contribution in [0.3, 0.4) is 0 Å². The van der Waals surface area contributed by atoms with Crippen molar-refractivity contribution in [1.29, 1.82) is 0 Å². The highest BCUT2D eigenvalue weighted by Crippen LogP contribution is 2.38. The van der Waals surface area contributed by atoms with Crippen molar-refractivity contribution in [1.82, 2.24) is 10.6 Å². The Labute approximate surface area is 207 Å². The van der Waals surface area contributed by atoms with E-state index in [1.807, 2.05) is 0 Å². The lowest BCUT2D eigenvalue weighted by atomic mass is 9.96. The van der Waals surface area contributed by atoms with E-state index in [4.69, 9.17) is 0 Å². The van der Waals surface area contributed by atoms with Crippen molar-refractivity contribution >= 4 is 33.8 Å². The fraction of sp³-hybridized carbons (Fsp3) is 0.273. The number of carbonyl (C=O) groups excluding carboxylic acids is 2. The molecule has 0 aliphatic heterocycles. The summed E-state index contributed by atoms with van der Waals surface area (Å²) in [5.41, 5.74) is -0.582. The highest BCUT2D eigenvalue weighted by molar-refractivity contribution is 9.10. The first kappa shape index (κ1) is 29.1. The molecule has 1 unspecified atom stereocenters. The van der Waals surface area contributed by atoms with Crippen LogP contribution in [0.15, 0.2) is 40.9 Å². The third-order valence-electron chi connectivity index (χ3n) is 4.55. The predicted molar refractivity (Wildman–Crippen MR) is 116 cm³/mol. The number of hydrogen-bond acceptors (Lipinski definition) is 3. The Kier molecular flexibility index (Phi) is 9.46. The Balaban J connectivity index is 2.17. The number of hydrogen-bond donors (Lipinski definition) is 2. The van der Waals surface area contributed by atoms with E-state index in [0.29, 0.717) is 18.2 Å². The molecule has 5 nitrogen and oxygen atoms in total. The normalized spacial score (nSPS) is 12.9. The quantitative estimate of drug-likeness (QED) is 0.400. The fourth-order valence-corrected chi connectivity index (χ4v) is 3.48. The molecule has 0 radical (unpaired) electrons. The van der Waals surface area contributed by atoms with Crippen molar-refractivity contribution < 1.29 is 49.4 Å². The topological polar surface area (TPSA) is 67.4 Å². The molecule has 0 saturated heterocycles. The second-order valence-electron chi connectivity index (χ2n) is 7.21. The van der Waals surface area contributed by atoms with E-state index >= 15 is 0 Å². The molecule has 0 heterocycles. The lowest BCUT2D eigenvalue weighted by Gasteiger charge is -2.18. The first-order chi connectivity index (χ1) is 16.6. The van der Waals surface area contributed by atoms with Crippen LogP contribution in [0.5, 0.6) is 5.75 Å². The Hall–Kier alpha value is -3.16. The van der Waals surface area contributed by atoms with Crippen LogP contribution in [0.4, 0.5) is 35.1 Å². The van der Waals surface area contributed by atoms with E-state index in [9.17, 15) is 44.7 Å². The van der Waals surface area contributed by atoms with Gasteiger partial charge in [0.05, 0.1) is 25.1 Å². The molecule has 2 aromatic rings. The van der Waals surface area contributed by atoms with Crippen molar-refractivity contribution in [2.24, 2.45) is 0 Å². The van der Waals surface area contributed by atoms with Crippen molar-refractivity contribution in [3.8, 4) is 5.75 Å². The van der Waals surface area contributed by atoms with Crippen LogP contribution in [-0.4, -0.2) is 44.4 Å². The molecule has 2 rings (SSSR count). The molecule has 0 aromatic heterocycles. The number of allylic oxidation sites excluding steroid dienone is 1. The highest BCUT2D eigenvalue weighted by atomic mass is 79.9. The van der Waals surface area contributed by atoms with Crippen LogP contribution >= 0.6 is 15.9 Å². The van der Waals surface area contributed by atoms with Gasteiger partial charge in [-0.1, -0.05) is 18.2 Å². The van der Waals surface area contributed by atoms with Gasteiger partial charge in [-0.15, -0.1) is 0 Å². The number of benzene rings is 2. The van der Waals surface area contributed by atoms with Gasteiger partial charge in [0.2, 0.25) is 5.91 Å². The van der Waals surface area contributed by atoms with Crippen molar-refractivity contribution in [2.45, 2.75) is 18.3 Å². The Morgan fingerprint density at radius 3 is 2.14 bits per heavy atom. The molecule has 2 amide bonds. The number of rotatable bonds is 8. The second-order valence-corrected chi connectivity index (χ2v) is 8.06. The lowest BCUT2D eigenvalue weighted by molar-refractivity contribution is -0.139. The molecule has 0 saturated carbocycles. The molecule has 0 spiro atoms. The predicted octanol–water partition coefficient (Wildman–Crippen LogP) is 5.50. The number of ether oxygens (including phenoxy) is 1. The number of carbonyl (C=O) groups is 2. The van der Waals surface area contributed by atoms with E-state index < -0.39 is 66.1 Å². The van der Waals surface area contributed by atoms with E-state index in [0.717, 1.165) is 13.2 Å². The molecule has 0 fully saturated rings. The summed E-state index contributed by atoms with van der Waals surface area (Å²) in [6.45, 7) is -2.31. The van der Waals surface area contributed by atoms with E-state index in [2.05, 4.69) is 26.0 Å². The summed E-state index contributed by atoms with van der Waals surface area (Å²) in [6.07, 6.45) is -7.82. The minimum absolute atomic E-state index is 0.0533. The minimum Gasteiger partial charge on any atom is -0.491 e. The number of alkyl halides is 6. The van der Waals surface area contributed by atoms with Gasteiger partial charge in [-0.25, -0.2) is 8.78 Å². The fourth-order valence-electron chi connectivity index (χ4n) is 2.91. The summed E-state index contributed by atoms with van der Waals surface area (Å²) in [5.74, 6) is -7.72.